The maximum atomic E-state index is 10.4. The minimum Gasteiger partial charge on any atom is -0.481 e. The van der Waals surface area contributed by atoms with Crippen LogP contribution in [0.2, 0.25) is 0 Å². The number of rotatable bonds is 3. The van der Waals surface area contributed by atoms with Crippen molar-refractivity contribution in [1.29, 1.82) is 0 Å². The lowest BCUT2D eigenvalue weighted by Crippen LogP contribution is -2.05. The van der Waals surface area contributed by atoms with Crippen LogP contribution in [0.5, 0.6) is 5.88 Å². The van der Waals surface area contributed by atoms with Gasteiger partial charge in [0.15, 0.2) is 0 Å². The zero-order valence-electron chi connectivity index (χ0n) is 10.8. The maximum Gasteiger partial charge on any atom is 0.213 e. The lowest BCUT2D eigenvalue weighted by molar-refractivity contribution is 0.213. The molecule has 1 unspecified atom stereocenters. The normalized spacial score (nSPS) is 12.2. The molecule has 0 saturated heterocycles. The monoisotopic (exact) mass is 243 g/mol. The van der Waals surface area contributed by atoms with Crippen LogP contribution in [0.4, 0.5) is 0 Å². The van der Waals surface area contributed by atoms with E-state index in [4.69, 9.17) is 4.74 Å². The lowest BCUT2D eigenvalue weighted by Gasteiger charge is -2.15. The molecule has 1 atom stereocenters. The first-order chi connectivity index (χ1) is 8.63. The average molecular weight is 243 g/mol. The lowest BCUT2D eigenvalue weighted by atomic mass is 9.97. The maximum absolute atomic E-state index is 10.4. The zero-order chi connectivity index (χ0) is 13.1. The van der Waals surface area contributed by atoms with Crippen molar-refractivity contribution in [2.75, 3.05) is 7.11 Å². The van der Waals surface area contributed by atoms with Crippen molar-refractivity contribution >= 4 is 0 Å². The van der Waals surface area contributed by atoms with Gasteiger partial charge in [-0.05, 0) is 36.6 Å². The summed E-state index contributed by atoms with van der Waals surface area (Å²) in [5.41, 5.74) is 3.74. The second-order valence-electron chi connectivity index (χ2n) is 4.30. The Kier molecular flexibility index (Phi) is 3.63. The predicted octanol–water partition coefficient (Wildman–Crippen LogP) is 2.79. The predicted molar refractivity (Wildman–Crippen MR) is 70.8 cm³/mol. The second kappa shape index (κ2) is 5.19. The number of hydrogen-bond acceptors (Lipinski definition) is 3. The molecule has 0 amide bonds. The third kappa shape index (κ3) is 2.36. The summed E-state index contributed by atoms with van der Waals surface area (Å²) in [6, 6.07) is 11.3. The van der Waals surface area contributed by atoms with Crippen molar-refractivity contribution in [1.82, 2.24) is 4.98 Å². The Balaban J connectivity index is 2.41. The van der Waals surface area contributed by atoms with Gasteiger partial charge in [-0.2, -0.15) is 0 Å². The molecule has 3 heteroatoms. The molecular weight excluding hydrogens is 226 g/mol. The number of hydrogen-bond donors (Lipinski definition) is 1. The fourth-order valence-electron chi connectivity index (χ4n) is 1.93. The summed E-state index contributed by atoms with van der Waals surface area (Å²) in [6.07, 6.45) is -0.722. The third-order valence-electron chi connectivity index (χ3n) is 3.18. The van der Waals surface area contributed by atoms with E-state index in [-0.39, 0.29) is 0 Å². The standard InChI is InChI=1S/C15H17NO2/c1-10-6-4-7-12(11(10)2)15(17)13-8-5-9-14(16-13)18-3/h4-9,15,17H,1-3H3. The Morgan fingerprint density at radius 1 is 1.11 bits per heavy atom. The smallest absolute Gasteiger partial charge is 0.213 e. The number of pyridine rings is 1. The van der Waals surface area contributed by atoms with E-state index in [9.17, 15) is 5.11 Å². The van der Waals surface area contributed by atoms with Gasteiger partial charge in [-0.3, -0.25) is 0 Å². The van der Waals surface area contributed by atoms with Gasteiger partial charge < -0.3 is 9.84 Å². The van der Waals surface area contributed by atoms with Crippen molar-refractivity contribution in [2.24, 2.45) is 0 Å². The number of aryl methyl sites for hydroxylation is 1. The summed E-state index contributed by atoms with van der Waals surface area (Å²) in [5, 5.41) is 10.4. The van der Waals surface area contributed by atoms with E-state index in [0.717, 1.165) is 16.7 Å². The van der Waals surface area contributed by atoms with Crippen LogP contribution in [0.25, 0.3) is 0 Å². The van der Waals surface area contributed by atoms with Gasteiger partial charge in [0.2, 0.25) is 5.88 Å². The second-order valence-corrected chi connectivity index (χ2v) is 4.30. The molecule has 0 radical (unpaired) electrons. The highest BCUT2D eigenvalue weighted by Crippen LogP contribution is 2.26. The van der Waals surface area contributed by atoms with Crippen molar-refractivity contribution in [3.63, 3.8) is 0 Å². The zero-order valence-corrected chi connectivity index (χ0v) is 10.8. The summed E-state index contributed by atoms with van der Waals surface area (Å²) >= 11 is 0. The highest BCUT2D eigenvalue weighted by molar-refractivity contribution is 5.38. The van der Waals surface area contributed by atoms with Crippen LogP contribution in [0.1, 0.15) is 28.5 Å². The van der Waals surface area contributed by atoms with Gasteiger partial charge in [0.25, 0.3) is 0 Å². The summed E-state index contributed by atoms with van der Waals surface area (Å²) in [6.45, 7) is 4.04. The average Bonchev–Trinajstić information content (AvgIpc) is 2.41. The molecule has 0 fully saturated rings. The van der Waals surface area contributed by atoms with E-state index < -0.39 is 6.10 Å². The van der Waals surface area contributed by atoms with Gasteiger partial charge >= 0.3 is 0 Å². The first kappa shape index (κ1) is 12.6. The minimum absolute atomic E-state index is 0.511. The Morgan fingerprint density at radius 2 is 1.83 bits per heavy atom. The highest BCUT2D eigenvalue weighted by atomic mass is 16.5. The number of methoxy groups -OCH3 is 1. The molecule has 1 N–H and O–H groups in total. The van der Waals surface area contributed by atoms with E-state index >= 15 is 0 Å². The largest absolute Gasteiger partial charge is 0.481 e. The van der Waals surface area contributed by atoms with Gasteiger partial charge in [-0.25, -0.2) is 4.98 Å². The SMILES string of the molecule is COc1cccc(C(O)c2cccc(C)c2C)n1. The quantitative estimate of drug-likeness (QED) is 0.901. The summed E-state index contributed by atoms with van der Waals surface area (Å²) in [5.74, 6) is 0.511. The van der Waals surface area contributed by atoms with Crippen LogP contribution < -0.4 is 4.74 Å². The molecule has 2 aromatic rings. The van der Waals surface area contributed by atoms with Crippen LogP contribution >= 0.6 is 0 Å². The summed E-state index contributed by atoms with van der Waals surface area (Å²) in [7, 11) is 1.57. The molecule has 18 heavy (non-hydrogen) atoms. The number of aromatic nitrogens is 1. The first-order valence-electron chi connectivity index (χ1n) is 5.88. The van der Waals surface area contributed by atoms with Crippen molar-refractivity contribution in [3.05, 3.63) is 58.8 Å². The Hall–Kier alpha value is -1.87. The summed E-state index contributed by atoms with van der Waals surface area (Å²) in [4.78, 5) is 4.27. The molecule has 1 aromatic heterocycles. The highest BCUT2D eigenvalue weighted by Gasteiger charge is 2.15. The van der Waals surface area contributed by atoms with E-state index in [1.807, 2.05) is 38.1 Å². The van der Waals surface area contributed by atoms with Crippen molar-refractivity contribution < 1.29 is 9.84 Å². The molecule has 1 heterocycles. The van der Waals surface area contributed by atoms with Crippen LogP contribution in [0.15, 0.2) is 36.4 Å². The minimum atomic E-state index is -0.722. The first-order valence-corrected chi connectivity index (χ1v) is 5.88. The van der Waals surface area contributed by atoms with E-state index in [0.29, 0.717) is 11.6 Å². The van der Waals surface area contributed by atoms with Crippen LogP contribution in [-0.4, -0.2) is 17.2 Å². The number of ether oxygens (including phenoxy) is 1. The van der Waals surface area contributed by atoms with Gasteiger partial charge in [0.05, 0.1) is 12.8 Å². The topological polar surface area (TPSA) is 42.4 Å². The molecule has 0 aliphatic heterocycles. The molecule has 0 saturated carbocycles. The van der Waals surface area contributed by atoms with Gasteiger partial charge in [0, 0.05) is 6.07 Å². The number of nitrogens with zero attached hydrogens (tertiary/aromatic N) is 1. The fourth-order valence-corrected chi connectivity index (χ4v) is 1.93. The Labute approximate surface area is 107 Å². The van der Waals surface area contributed by atoms with Crippen LogP contribution in [-0.2, 0) is 0 Å². The molecule has 0 bridgehead atoms. The fraction of sp³-hybridized carbons (Fsp3) is 0.267. The van der Waals surface area contributed by atoms with Gasteiger partial charge in [0.1, 0.15) is 6.10 Å². The molecule has 0 aliphatic rings. The molecule has 2 rings (SSSR count). The van der Waals surface area contributed by atoms with E-state index in [1.54, 1.807) is 19.2 Å². The molecule has 0 spiro atoms. The molecule has 1 aromatic carbocycles. The van der Waals surface area contributed by atoms with E-state index in [1.165, 1.54) is 0 Å². The van der Waals surface area contributed by atoms with Crippen molar-refractivity contribution in [2.45, 2.75) is 20.0 Å². The van der Waals surface area contributed by atoms with E-state index in [2.05, 4.69) is 4.98 Å². The molecule has 3 nitrogen and oxygen atoms in total. The van der Waals surface area contributed by atoms with Crippen molar-refractivity contribution in [3.8, 4) is 5.88 Å². The molecular formula is C15H17NO2. The van der Waals surface area contributed by atoms with Crippen LogP contribution in [0.3, 0.4) is 0 Å². The Morgan fingerprint density at radius 3 is 2.56 bits per heavy atom. The number of benzene rings is 1. The summed E-state index contributed by atoms with van der Waals surface area (Å²) < 4.78 is 5.07. The number of aliphatic hydroxyl groups excluding tert-OH is 1. The Bertz CT molecular complexity index is 552. The third-order valence-corrected chi connectivity index (χ3v) is 3.18. The number of aliphatic hydroxyl groups is 1. The van der Waals surface area contributed by atoms with Crippen LogP contribution in [0, 0.1) is 13.8 Å². The van der Waals surface area contributed by atoms with Gasteiger partial charge in [-0.1, -0.05) is 24.3 Å². The van der Waals surface area contributed by atoms with Gasteiger partial charge in [-0.15, -0.1) is 0 Å². The molecule has 0 aliphatic carbocycles. The molecule has 94 valence electrons.